The van der Waals surface area contributed by atoms with Crippen molar-refractivity contribution in [3.63, 3.8) is 0 Å². The van der Waals surface area contributed by atoms with Crippen molar-refractivity contribution in [2.45, 2.75) is 4.90 Å². The molecular weight excluding hydrogens is 312 g/mol. The van der Waals surface area contributed by atoms with Crippen molar-refractivity contribution in [2.75, 3.05) is 5.08 Å². The molecule has 1 rings (SSSR count). The SMILES string of the molecule is O=S(=O)(O)CSc1cc(Cl)ccc1Br. The van der Waals surface area contributed by atoms with Gasteiger partial charge in [0.05, 0.1) is 0 Å². The van der Waals surface area contributed by atoms with E-state index >= 15 is 0 Å². The van der Waals surface area contributed by atoms with Crippen molar-refractivity contribution in [3.8, 4) is 0 Å². The lowest BCUT2D eigenvalue weighted by atomic mass is 10.4. The largest absolute Gasteiger partial charge is 0.285 e. The predicted octanol–water partition coefficient (Wildman–Crippen LogP) is 3.04. The van der Waals surface area contributed by atoms with Crippen molar-refractivity contribution in [2.24, 2.45) is 0 Å². The van der Waals surface area contributed by atoms with Crippen molar-refractivity contribution < 1.29 is 13.0 Å². The molecule has 0 fully saturated rings. The van der Waals surface area contributed by atoms with E-state index in [1.165, 1.54) is 0 Å². The zero-order chi connectivity index (χ0) is 10.8. The lowest BCUT2D eigenvalue weighted by Gasteiger charge is -2.02. The van der Waals surface area contributed by atoms with Gasteiger partial charge in [-0.1, -0.05) is 11.6 Å². The molecule has 0 aliphatic carbocycles. The van der Waals surface area contributed by atoms with E-state index in [4.69, 9.17) is 16.2 Å². The number of halogens is 2. The zero-order valence-corrected chi connectivity index (χ0v) is 10.8. The first-order valence-corrected chi connectivity index (χ1v) is 7.18. The van der Waals surface area contributed by atoms with Gasteiger partial charge in [0.2, 0.25) is 0 Å². The third-order valence-corrected chi connectivity index (χ3v) is 4.76. The van der Waals surface area contributed by atoms with Gasteiger partial charge in [-0.25, -0.2) is 0 Å². The van der Waals surface area contributed by atoms with Crippen LogP contribution in [-0.2, 0) is 10.1 Å². The van der Waals surface area contributed by atoms with Crippen molar-refractivity contribution >= 4 is 49.4 Å². The van der Waals surface area contributed by atoms with Crippen LogP contribution in [0.4, 0.5) is 0 Å². The Bertz CT molecular complexity index is 433. The molecule has 0 unspecified atom stereocenters. The minimum absolute atomic E-state index is 0.383. The molecule has 0 amide bonds. The van der Waals surface area contributed by atoms with Crippen LogP contribution in [0.3, 0.4) is 0 Å². The summed E-state index contributed by atoms with van der Waals surface area (Å²) in [4.78, 5) is 0.676. The minimum Gasteiger partial charge on any atom is -0.285 e. The molecule has 0 bridgehead atoms. The molecule has 78 valence electrons. The molecule has 0 saturated carbocycles. The van der Waals surface area contributed by atoms with Crippen LogP contribution < -0.4 is 0 Å². The first kappa shape index (κ1) is 12.3. The van der Waals surface area contributed by atoms with E-state index in [1.54, 1.807) is 18.2 Å². The van der Waals surface area contributed by atoms with E-state index in [0.717, 1.165) is 16.2 Å². The Labute approximate surface area is 99.7 Å². The van der Waals surface area contributed by atoms with Gasteiger partial charge < -0.3 is 0 Å². The van der Waals surface area contributed by atoms with E-state index in [-0.39, 0.29) is 5.08 Å². The number of rotatable bonds is 3. The van der Waals surface area contributed by atoms with Gasteiger partial charge in [-0.05, 0) is 34.1 Å². The van der Waals surface area contributed by atoms with Crippen LogP contribution in [0.2, 0.25) is 5.02 Å². The summed E-state index contributed by atoms with van der Waals surface area (Å²) in [6.07, 6.45) is 0. The molecule has 14 heavy (non-hydrogen) atoms. The Morgan fingerprint density at radius 1 is 1.50 bits per heavy atom. The first-order chi connectivity index (χ1) is 6.38. The highest BCUT2D eigenvalue weighted by Gasteiger charge is 2.08. The standard InChI is InChI=1S/C7H6BrClO3S2/c8-6-2-1-5(9)3-7(6)13-4-14(10,11)12/h1-3H,4H2,(H,10,11,12). The molecule has 1 aromatic rings. The Morgan fingerprint density at radius 3 is 2.71 bits per heavy atom. The van der Waals surface area contributed by atoms with Gasteiger partial charge in [0.15, 0.2) is 0 Å². The summed E-state index contributed by atoms with van der Waals surface area (Å²) in [5.74, 6) is 0. The Hall–Kier alpha value is 0.250. The highest BCUT2D eigenvalue weighted by molar-refractivity contribution is 9.10. The fraction of sp³-hybridized carbons (Fsp3) is 0.143. The predicted molar refractivity (Wildman–Crippen MR) is 61.4 cm³/mol. The smallest absolute Gasteiger partial charge is 0.274 e. The third kappa shape index (κ3) is 4.18. The van der Waals surface area contributed by atoms with E-state index in [1.807, 2.05) is 0 Å². The summed E-state index contributed by atoms with van der Waals surface area (Å²) < 4.78 is 30.3. The Balaban J connectivity index is 2.81. The van der Waals surface area contributed by atoms with E-state index < -0.39 is 10.1 Å². The van der Waals surface area contributed by atoms with Crippen LogP contribution >= 0.6 is 39.3 Å². The highest BCUT2D eigenvalue weighted by Crippen LogP contribution is 2.30. The van der Waals surface area contributed by atoms with Gasteiger partial charge in [0.1, 0.15) is 5.08 Å². The molecule has 0 spiro atoms. The molecule has 0 aliphatic heterocycles. The summed E-state index contributed by atoms with van der Waals surface area (Å²) in [6.45, 7) is 0. The molecule has 0 aliphatic rings. The maximum absolute atomic E-state index is 10.5. The van der Waals surface area contributed by atoms with Gasteiger partial charge >= 0.3 is 0 Å². The summed E-state index contributed by atoms with van der Waals surface area (Å²) in [5.41, 5.74) is 0. The van der Waals surface area contributed by atoms with Crippen LogP contribution in [0.15, 0.2) is 27.6 Å². The molecule has 7 heteroatoms. The van der Waals surface area contributed by atoms with Crippen LogP contribution in [-0.4, -0.2) is 18.1 Å². The molecule has 0 aromatic heterocycles. The zero-order valence-electron chi connectivity index (χ0n) is 6.78. The molecule has 0 heterocycles. The van der Waals surface area contributed by atoms with Crippen molar-refractivity contribution in [3.05, 3.63) is 27.7 Å². The summed E-state index contributed by atoms with van der Waals surface area (Å²) in [6, 6.07) is 5.03. The Morgan fingerprint density at radius 2 is 2.14 bits per heavy atom. The molecular formula is C7H6BrClO3S2. The fourth-order valence-corrected chi connectivity index (χ4v) is 3.07. The second kappa shape index (κ2) is 4.85. The van der Waals surface area contributed by atoms with Crippen LogP contribution in [0.25, 0.3) is 0 Å². The van der Waals surface area contributed by atoms with Gasteiger partial charge in [0.25, 0.3) is 10.1 Å². The van der Waals surface area contributed by atoms with Crippen LogP contribution in [0.1, 0.15) is 0 Å². The first-order valence-electron chi connectivity index (χ1n) is 3.41. The molecule has 0 saturated heterocycles. The van der Waals surface area contributed by atoms with E-state index in [0.29, 0.717) is 9.92 Å². The average molecular weight is 318 g/mol. The topological polar surface area (TPSA) is 54.4 Å². The van der Waals surface area contributed by atoms with Crippen molar-refractivity contribution in [1.82, 2.24) is 0 Å². The van der Waals surface area contributed by atoms with Gasteiger partial charge in [-0.3, -0.25) is 4.55 Å². The van der Waals surface area contributed by atoms with Gasteiger partial charge in [-0.2, -0.15) is 8.42 Å². The maximum atomic E-state index is 10.5. The normalized spacial score (nSPS) is 11.6. The number of thioether (sulfide) groups is 1. The van der Waals surface area contributed by atoms with Crippen LogP contribution in [0.5, 0.6) is 0 Å². The minimum atomic E-state index is -3.95. The lowest BCUT2D eigenvalue weighted by Crippen LogP contribution is -1.99. The van der Waals surface area contributed by atoms with Crippen molar-refractivity contribution in [1.29, 1.82) is 0 Å². The van der Waals surface area contributed by atoms with Gasteiger partial charge in [-0.15, -0.1) is 11.8 Å². The quantitative estimate of drug-likeness (QED) is 0.688. The molecule has 0 atom stereocenters. The number of benzene rings is 1. The monoisotopic (exact) mass is 316 g/mol. The third-order valence-electron chi connectivity index (χ3n) is 1.26. The number of hydrogen-bond acceptors (Lipinski definition) is 3. The number of hydrogen-bond donors (Lipinski definition) is 1. The summed E-state index contributed by atoms with van der Waals surface area (Å²) >= 11 is 9.96. The molecule has 3 nitrogen and oxygen atoms in total. The molecule has 1 aromatic carbocycles. The fourth-order valence-electron chi connectivity index (χ4n) is 0.726. The molecule has 1 N–H and O–H groups in total. The average Bonchev–Trinajstić information content (AvgIpc) is 2.05. The Kier molecular flexibility index (Phi) is 4.27. The van der Waals surface area contributed by atoms with Crippen LogP contribution in [0, 0.1) is 0 Å². The molecule has 0 radical (unpaired) electrons. The van der Waals surface area contributed by atoms with E-state index in [2.05, 4.69) is 15.9 Å². The lowest BCUT2D eigenvalue weighted by molar-refractivity contribution is 0.489. The highest BCUT2D eigenvalue weighted by atomic mass is 79.9. The van der Waals surface area contributed by atoms with E-state index in [9.17, 15) is 8.42 Å². The summed E-state index contributed by atoms with van der Waals surface area (Å²) in [5, 5.41) is 0.136. The second-order valence-corrected chi connectivity index (χ2v) is 6.54. The van der Waals surface area contributed by atoms with Gasteiger partial charge in [0, 0.05) is 14.4 Å². The second-order valence-electron chi connectivity index (χ2n) is 2.42. The summed E-state index contributed by atoms with van der Waals surface area (Å²) in [7, 11) is -3.95. The maximum Gasteiger partial charge on any atom is 0.274 e.